The zero-order chi connectivity index (χ0) is 19.1. The van der Waals surface area contributed by atoms with Gasteiger partial charge in [0.15, 0.2) is 5.72 Å². The first-order valence-corrected chi connectivity index (χ1v) is 8.51. The molecular formula is C17H11BrClF3N2O2. The van der Waals surface area contributed by atoms with E-state index < -0.39 is 29.9 Å². The van der Waals surface area contributed by atoms with Crippen molar-refractivity contribution in [3.05, 3.63) is 69.2 Å². The number of carbonyl (C=O) groups is 1. The number of hydrogen-bond acceptors (Lipinski definition) is 3. The number of carbonyl (C=O) groups excluding carboxylic acids is 1. The third-order valence-electron chi connectivity index (χ3n) is 3.88. The van der Waals surface area contributed by atoms with Crippen molar-refractivity contribution in [3.8, 4) is 0 Å². The Morgan fingerprint density at radius 1 is 1.23 bits per heavy atom. The highest BCUT2D eigenvalue weighted by atomic mass is 79.9. The van der Waals surface area contributed by atoms with Gasteiger partial charge in [-0.05, 0) is 30.3 Å². The molecule has 0 aliphatic carbocycles. The summed E-state index contributed by atoms with van der Waals surface area (Å²) in [5, 5.41) is 15.1. The molecule has 0 aromatic heterocycles. The van der Waals surface area contributed by atoms with E-state index in [9.17, 15) is 23.1 Å². The minimum absolute atomic E-state index is 0.0141. The highest BCUT2D eigenvalue weighted by Crippen LogP contribution is 2.40. The van der Waals surface area contributed by atoms with Gasteiger partial charge >= 0.3 is 6.18 Å². The molecule has 3 rings (SSSR count). The lowest BCUT2D eigenvalue weighted by Gasteiger charge is -2.31. The third-order valence-corrected chi connectivity index (χ3v) is 4.65. The maximum atomic E-state index is 13.2. The summed E-state index contributed by atoms with van der Waals surface area (Å²) in [6, 6.07) is 11.7. The normalized spacial score (nSPS) is 20.2. The largest absolute Gasteiger partial charge is 0.431 e. The monoisotopic (exact) mass is 446 g/mol. The van der Waals surface area contributed by atoms with Gasteiger partial charge in [-0.15, -0.1) is 0 Å². The minimum atomic E-state index is -4.77. The Hall–Kier alpha value is -1.90. The van der Waals surface area contributed by atoms with Crippen molar-refractivity contribution in [1.29, 1.82) is 0 Å². The quantitative estimate of drug-likeness (QED) is 0.725. The Bertz CT molecular complexity index is 886. The topological polar surface area (TPSA) is 52.9 Å². The van der Waals surface area contributed by atoms with Crippen LogP contribution in [0.5, 0.6) is 0 Å². The summed E-state index contributed by atoms with van der Waals surface area (Å²) in [6.07, 6.45) is -5.64. The van der Waals surface area contributed by atoms with Crippen molar-refractivity contribution in [3.63, 3.8) is 0 Å². The first-order chi connectivity index (χ1) is 12.1. The van der Waals surface area contributed by atoms with Crippen LogP contribution >= 0.6 is 27.5 Å². The van der Waals surface area contributed by atoms with E-state index in [4.69, 9.17) is 11.6 Å². The lowest BCUT2D eigenvalue weighted by molar-refractivity contribution is -0.0816. The standard InChI is InChI=1S/C17H11BrClF3N2O2/c18-12-6-4-11(5-7-12)16(26)9-14(17(20,21)22)23-24(16)15(25)10-2-1-3-13(19)8-10/h1-8,26H,9H2/t16-/m0/s1. The summed E-state index contributed by atoms with van der Waals surface area (Å²) in [5.41, 5.74) is -3.37. The first kappa shape index (κ1) is 18.9. The van der Waals surface area contributed by atoms with Crippen LogP contribution in [0.3, 0.4) is 0 Å². The summed E-state index contributed by atoms with van der Waals surface area (Å²) in [7, 11) is 0. The fourth-order valence-electron chi connectivity index (χ4n) is 2.60. The first-order valence-electron chi connectivity index (χ1n) is 7.34. The van der Waals surface area contributed by atoms with Gasteiger partial charge in [0.2, 0.25) is 0 Å². The number of rotatable bonds is 2. The van der Waals surface area contributed by atoms with Crippen LogP contribution in [-0.2, 0) is 5.72 Å². The second kappa shape index (κ2) is 6.68. The highest BCUT2D eigenvalue weighted by Gasteiger charge is 2.53. The van der Waals surface area contributed by atoms with Crippen LogP contribution in [0.4, 0.5) is 13.2 Å². The number of hydrazone groups is 1. The Morgan fingerprint density at radius 3 is 2.46 bits per heavy atom. The van der Waals surface area contributed by atoms with Crippen molar-refractivity contribution in [2.45, 2.75) is 18.3 Å². The van der Waals surface area contributed by atoms with Gasteiger partial charge in [0.05, 0.1) is 6.42 Å². The molecule has 0 fully saturated rings. The molecule has 136 valence electrons. The molecule has 0 radical (unpaired) electrons. The van der Waals surface area contributed by atoms with E-state index in [0.717, 1.165) is 0 Å². The summed E-state index contributed by atoms with van der Waals surface area (Å²) in [6.45, 7) is 0. The maximum absolute atomic E-state index is 13.2. The molecule has 1 heterocycles. The number of alkyl halides is 3. The Labute approximate surface area is 160 Å². The lowest BCUT2D eigenvalue weighted by atomic mass is 9.96. The van der Waals surface area contributed by atoms with Gasteiger partial charge in [-0.2, -0.15) is 23.3 Å². The van der Waals surface area contributed by atoms with E-state index in [0.29, 0.717) is 9.48 Å². The van der Waals surface area contributed by atoms with Gasteiger partial charge in [0, 0.05) is 20.6 Å². The third kappa shape index (κ3) is 3.49. The van der Waals surface area contributed by atoms with E-state index in [1.165, 1.54) is 36.4 Å². The summed E-state index contributed by atoms with van der Waals surface area (Å²) < 4.78 is 40.2. The number of halogens is 5. The van der Waals surface area contributed by atoms with Gasteiger partial charge in [0.25, 0.3) is 5.91 Å². The number of hydrogen-bond donors (Lipinski definition) is 1. The summed E-state index contributed by atoms with van der Waals surface area (Å²) in [4.78, 5) is 12.8. The smallest absolute Gasteiger partial charge is 0.365 e. The van der Waals surface area contributed by atoms with Crippen LogP contribution in [0, 0.1) is 0 Å². The zero-order valence-electron chi connectivity index (χ0n) is 13.0. The van der Waals surface area contributed by atoms with Gasteiger partial charge in [-0.3, -0.25) is 4.79 Å². The molecular weight excluding hydrogens is 437 g/mol. The minimum Gasteiger partial charge on any atom is -0.365 e. The van der Waals surface area contributed by atoms with Crippen LogP contribution in [0.1, 0.15) is 22.3 Å². The lowest BCUT2D eigenvalue weighted by Crippen LogP contribution is -2.43. The van der Waals surface area contributed by atoms with E-state index in [1.54, 1.807) is 12.1 Å². The number of amides is 1. The fraction of sp³-hybridized carbons (Fsp3) is 0.176. The SMILES string of the molecule is O=C(c1cccc(Cl)c1)N1N=C(C(F)(F)F)C[C@]1(O)c1ccc(Br)cc1. The Balaban J connectivity index is 2.08. The highest BCUT2D eigenvalue weighted by molar-refractivity contribution is 9.10. The molecule has 0 bridgehead atoms. The molecule has 26 heavy (non-hydrogen) atoms. The molecule has 1 amide bonds. The van der Waals surface area contributed by atoms with Crippen molar-refractivity contribution in [2.75, 3.05) is 0 Å². The zero-order valence-corrected chi connectivity index (χ0v) is 15.3. The predicted octanol–water partition coefficient (Wildman–Crippen LogP) is 4.71. The predicted molar refractivity (Wildman–Crippen MR) is 93.8 cm³/mol. The molecule has 2 aromatic carbocycles. The van der Waals surface area contributed by atoms with E-state index in [1.807, 2.05) is 0 Å². The van der Waals surface area contributed by atoms with Crippen LogP contribution in [0.2, 0.25) is 5.02 Å². The van der Waals surface area contributed by atoms with Crippen LogP contribution in [-0.4, -0.2) is 27.9 Å². The van der Waals surface area contributed by atoms with Crippen molar-refractivity contribution < 1.29 is 23.1 Å². The van der Waals surface area contributed by atoms with Crippen molar-refractivity contribution >= 4 is 39.1 Å². The van der Waals surface area contributed by atoms with Crippen LogP contribution in [0.25, 0.3) is 0 Å². The molecule has 1 aliphatic heterocycles. The maximum Gasteiger partial charge on any atom is 0.431 e. The summed E-state index contributed by atoms with van der Waals surface area (Å²) in [5.74, 6) is -0.892. The van der Waals surface area contributed by atoms with Gasteiger partial charge < -0.3 is 5.11 Å². The Morgan fingerprint density at radius 2 is 1.88 bits per heavy atom. The molecule has 0 saturated carbocycles. The molecule has 2 aromatic rings. The average molecular weight is 448 g/mol. The Kier molecular flexibility index (Phi) is 4.85. The van der Waals surface area contributed by atoms with E-state index >= 15 is 0 Å². The fourth-order valence-corrected chi connectivity index (χ4v) is 3.06. The number of aliphatic hydroxyl groups is 1. The number of nitrogens with zero attached hydrogens (tertiary/aromatic N) is 2. The molecule has 4 nitrogen and oxygen atoms in total. The van der Waals surface area contributed by atoms with Gasteiger partial charge in [-0.1, -0.05) is 45.7 Å². The van der Waals surface area contributed by atoms with E-state index in [2.05, 4.69) is 21.0 Å². The number of benzene rings is 2. The molecule has 1 atom stereocenters. The van der Waals surface area contributed by atoms with Crippen molar-refractivity contribution in [1.82, 2.24) is 5.01 Å². The van der Waals surface area contributed by atoms with E-state index in [-0.39, 0.29) is 16.1 Å². The van der Waals surface area contributed by atoms with Crippen LogP contribution < -0.4 is 0 Å². The second-order valence-electron chi connectivity index (χ2n) is 5.67. The molecule has 1 N–H and O–H groups in total. The molecule has 1 aliphatic rings. The molecule has 9 heteroatoms. The second-order valence-corrected chi connectivity index (χ2v) is 7.02. The average Bonchev–Trinajstić information content (AvgIpc) is 2.94. The molecule has 0 spiro atoms. The molecule has 0 saturated heterocycles. The van der Waals surface area contributed by atoms with Crippen molar-refractivity contribution in [2.24, 2.45) is 5.10 Å². The molecule has 0 unspecified atom stereocenters. The van der Waals surface area contributed by atoms with Gasteiger partial charge in [-0.25, -0.2) is 0 Å². The van der Waals surface area contributed by atoms with Crippen LogP contribution in [0.15, 0.2) is 58.1 Å². The summed E-state index contributed by atoms with van der Waals surface area (Å²) >= 11 is 9.07. The van der Waals surface area contributed by atoms with Gasteiger partial charge in [0.1, 0.15) is 5.71 Å².